The SMILES string of the molecule is COC(=O)n1ccc2ccc(C(=O)[O-])cc21. The van der Waals surface area contributed by atoms with Crippen molar-refractivity contribution >= 4 is 23.0 Å². The number of fused-ring (bicyclic) bond motifs is 1. The molecule has 1 aromatic carbocycles. The van der Waals surface area contributed by atoms with Crippen LogP contribution in [-0.4, -0.2) is 23.7 Å². The highest BCUT2D eigenvalue weighted by molar-refractivity contribution is 5.95. The summed E-state index contributed by atoms with van der Waals surface area (Å²) in [4.78, 5) is 22.0. The Balaban J connectivity index is 2.64. The van der Waals surface area contributed by atoms with Gasteiger partial charge in [-0.05, 0) is 17.7 Å². The third-order valence-electron chi connectivity index (χ3n) is 2.30. The van der Waals surface area contributed by atoms with Crippen molar-refractivity contribution in [1.82, 2.24) is 4.57 Å². The van der Waals surface area contributed by atoms with E-state index in [0.717, 1.165) is 5.39 Å². The molecule has 0 radical (unpaired) electrons. The summed E-state index contributed by atoms with van der Waals surface area (Å²) in [6.45, 7) is 0. The topological polar surface area (TPSA) is 71.4 Å². The molecule has 0 amide bonds. The second-order valence-corrected chi connectivity index (χ2v) is 3.22. The fraction of sp³-hybridized carbons (Fsp3) is 0.0909. The Kier molecular flexibility index (Phi) is 2.36. The van der Waals surface area contributed by atoms with Crippen LogP contribution in [0.4, 0.5) is 4.79 Å². The first-order valence-corrected chi connectivity index (χ1v) is 4.54. The van der Waals surface area contributed by atoms with Crippen LogP contribution in [0.1, 0.15) is 10.4 Å². The average molecular weight is 218 g/mol. The number of rotatable bonds is 1. The lowest BCUT2D eigenvalue weighted by Gasteiger charge is -2.05. The van der Waals surface area contributed by atoms with Gasteiger partial charge in [0.05, 0.1) is 18.6 Å². The summed E-state index contributed by atoms with van der Waals surface area (Å²) in [5, 5.41) is 11.4. The number of nitrogens with zero attached hydrogens (tertiary/aromatic N) is 1. The second kappa shape index (κ2) is 3.69. The number of hydrogen-bond donors (Lipinski definition) is 0. The van der Waals surface area contributed by atoms with Crippen LogP contribution in [0.3, 0.4) is 0 Å². The Labute approximate surface area is 90.9 Å². The van der Waals surface area contributed by atoms with Crippen molar-refractivity contribution in [1.29, 1.82) is 0 Å². The fourth-order valence-corrected chi connectivity index (χ4v) is 1.51. The van der Waals surface area contributed by atoms with Crippen molar-refractivity contribution < 1.29 is 19.4 Å². The molecule has 0 bridgehead atoms. The molecule has 5 nitrogen and oxygen atoms in total. The first kappa shape index (κ1) is 10.2. The van der Waals surface area contributed by atoms with E-state index in [4.69, 9.17) is 0 Å². The van der Waals surface area contributed by atoms with Gasteiger partial charge < -0.3 is 14.6 Å². The third-order valence-corrected chi connectivity index (χ3v) is 2.30. The zero-order valence-electron chi connectivity index (χ0n) is 8.47. The zero-order chi connectivity index (χ0) is 11.7. The first-order valence-electron chi connectivity index (χ1n) is 4.54. The van der Waals surface area contributed by atoms with Gasteiger partial charge in [0.2, 0.25) is 0 Å². The number of carboxylic acid groups (broad SMARTS) is 1. The maximum absolute atomic E-state index is 11.3. The summed E-state index contributed by atoms with van der Waals surface area (Å²) in [7, 11) is 1.26. The molecule has 0 saturated heterocycles. The van der Waals surface area contributed by atoms with Gasteiger partial charge >= 0.3 is 6.09 Å². The Bertz CT molecular complexity index is 570. The van der Waals surface area contributed by atoms with E-state index in [0.29, 0.717) is 5.52 Å². The minimum atomic E-state index is -1.28. The molecule has 0 aliphatic carbocycles. The van der Waals surface area contributed by atoms with Crippen LogP contribution < -0.4 is 5.11 Å². The molecule has 0 aliphatic rings. The van der Waals surface area contributed by atoms with Gasteiger partial charge in [0.25, 0.3) is 0 Å². The highest BCUT2D eigenvalue weighted by atomic mass is 16.5. The van der Waals surface area contributed by atoms with Crippen LogP contribution >= 0.6 is 0 Å². The van der Waals surface area contributed by atoms with Crippen molar-refractivity contribution in [2.75, 3.05) is 7.11 Å². The quantitative estimate of drug-likeness (QED) is 0.703. The predicted molar refractivity (Wildman–Crippen MR) is 54.1 cm³/mol. The van der Waals surface area contributed by atoms with Crippen LogP contribution in [0, 0.1) is 0 Å². The molecule has 0 atom stereocenters. The number of carboxylic acids is 1. The van der Waals surface area contributed by atoms with Crippen LogP contribution in [-0.2, 0) is 4.74 Å². The summed E-state index contributed by atoms with van der Waals surface area (Å²) >= 11 is 0. The van der Waals surface area contributed by atoms with Gasteiger partial charge in [-0.15, -0.1) is 0 Å². The van der Waals surface area contributed by atoms with Gasteiger partial charge in [-0.2, -0.15) is 0 Å². The molecule has 0 unspecified atom stereocenters. The van der Waals surface area contributed by atoms with Crippen molar-refractivity contribution in [3.63, 3.8) is 0 Å². The van der Waals surface area contributed by atoms with E-state index in [1.54, 1.807) is 12.1 Å². The third kappa shape index (κ3) is 1.52. The second-order valence-electron chi connectivity index (χ2n) is 3.22. The van der Waals surface area contributed by atoms with Gasteiger partial charge in [-0.3, -0.25) is 4.57 Å². The smallest absolute Gasteiger partial charge is 0.418 e. The lowest BCUT2D eigenvalue weighted by Crippen LogP contribution is -2.22. The first-order chi connectivity index (χ1) is 7.63. The Morgan fingerprint density at radius 2 is 2.06 bits per heavy atom. The molecule has 0 saturated carbocycles. The van der Waals surface area contributed by atoms with E-state index in [1.807, 2.05) is 0 Å². The van der Waals surface area contributed by atoms with E-state index in [-0.39, 0.29) is 5.56 Å². The van der Waals surface area contributed by atoms with E-state index in [9.17, 15) is 14.7 Å². The standard InChI is InChI=1S/C11H9NO4/c1-16-11(15)12-5-4-7-2-3-8(10(13)14)6-9(7)12/h2-6H,1H3,(H,13,14)/p-1. The van der Waals surface area contributed by atoms with Crippen LogP contribution in [0.25, 0.3) is 10.9 Å². The van der Waals surface area contributed by atoms with Gasteiger partial charge in [-0.1, -0.05) is 12.1 Å². The van der Waals surface area contributed by atoms with E-state index >= 15 is 0 Å². The normalized spacial score (nSPS) is 10.3. The molecular formula is C11H8NO4-. The lowest BCUT2D eigenvalue weighted by molar-refractivity contribution is -0.255. The summed E-state index contributed by atoms with van der Waals surface area (Å²) in [6, 6.07) is 6.12. The van der Waals surface area contributed by atoms with E-state index in [1.165, 1.54) is 30.0 Å². The summed E-state index contributed by atoms with van der Waals surface area (Å²) in [6.07, 6.45) is 0.959. The number of aromatic carboxylic acids is 1. The fourth-order valence-electron chi connectivity index (χ4n) is 1.51. The van der Waals surface area contributed by atoms with Crippen molar-refractivity contribution in [3.8, 4) is 0 Å². The van der Waals surface area contributed by atoms with Crippen molar-refractivity contribution in [2.45, 2.75) is 0 Å². The van der Waals surface area contributed by atoms with Gasteiger partial charge in [0.15, 0.2) is 0 Å². The maximum atomic E-state index is 11.3. The van der Waals surface area contributed by atoms with E-state index in [2.05, 4.69) is 4.74 Å². The molecule has 0 N–H and O–H groups in total. The summed E-state index contributed by atoms with van der Waals surface area (Å²) < 4.78 is 5.80. The average Bonchev–Trinajstić information content (AvgIpc) is 2.70. The lowest BCUT2D eigenvalue weighted by atomic mass is 10.2. The number of methoxy groups -OCH3 is 1. The number of hydrogen-bond acceptors (Lipinski definition) is 4. The molecule has 16 heavy (non-hydrogen) atoms. The zero-order valence-corrected chi connectivity index (χ0v) is 8.47. The molecule has 0 spiro atoms. The summed E-state index contributed by atoms with van der Waals surface area (Å²) in [5.41, 5.74) is 0.505. The number of ether oxygens (including phenoxy) is 1. The molecule has 1 heterocycles. The molecule has 5 heteroatoms. The van der Waals surface area contributed by atoms with E-state index < -0.39 is 12.1 Å². The van der Waals surface area contributed by atoms with Crippen LogP contribution in [0.2, 0.25) is 0 Å². The van der Waals surface area contributed by atoms with Gasteiger partial charge in [0.1, 0.15) is 0 Å². The maximum Gasteiger partial charge on any atom is 0.418 e. The summed E-state index contributed by atoms with van der Waals surface area (Å²) in [5.74, 6) is -1.28. The molecule has 82 valence electrons. The molecule has 0 fully saturated rings. The highest BCUT2D eigenvalue weighted by Crippen LogP contribution is 2.17. The minimum Gasteiger partial charge on any atom is -0.545 e. The Hall–Kier alpha value is -2.30. The largest absolute Gasteiger partial charge is 0.545 e. The van der Waals surface area contributed by atoms with Crippen LogP contribution in [0.5, 0.6) is 0 Å². The molecule has 0 aliphatic heterocycles. The van der Waals surface area contributed by atoms with Crippen LogP contribution in [0.15, 0.2) is 30.5 Å². The molecule has 2 aromatic rings. The van der Waals surface area contributed by atoms with Gasteiger partial charge in [-0.25, -0.2) is 4.79 Å². The van der Waals surface area contributed by atoms with Crippen molar-refractivity contribution in [3.05, 3.63) is 36.0 Å². The predicted octanol–water partition coefficient (Wildman–Crippen LogP) is 0.619. The number of benzene rings is 1. The number of carbonyl (C=O) groups is 2. The van der Waals surface area contributed by atoms with Gasteiger partial charge in [0, 0.05) is 11.6 Å². The number of aromatic nitrogens is 1. The monoisotopic (exact) mass is 218 g/mol. The number of carbonyl (C=O) groups excluding carboxylic acids is 2. The molecule has 1 aromatic heterocycles. The Morgan fingerprint density at radius 1 is 1.31 bits per heavy atom. The molecular weight excluding hydrogens is 210 g/mol. The Morgan fingerprint density at radius 3 is 2.69 bits per heavy atom. The minimum absolute atomic E-state index is 0.0244. The highest BCUT2D eigenvalue weighted by Gasteiger charge is 2.09. The van der Waals surface area contributed by atoms with Crippen molar-refractivity contribution in [2.24, 2.45) is 0 Å². The molecule has 2 rings (SSSR count).